The van der Waals surface area contributed by atoms with E-state index >= 15 is 0 Å². The van der Waals surface area contributed by atoms with Gasteiger partial charge in [0.25, 0.3) is 0 Å². The van der Waals surface area contributed by atoms with Crippen molar-refractivity contribution in [3.63, 3.8) is 0 Å². The van der Waals surface area contributed by atoms with Crippen LogP contribution in [0.4, 0.5) is 0 Å². The Bertz CT molecular complexity index is 768. The molecule has 0 rings (SSSR count). The van der Waals surface area contributed by atoms with Crippen LogP contribution in [0.15, 0.2) is 48.6 Å². The number of esters is 1. The highest BCUT2D eigenvalue weighted by Crippen LogP contribution is 2.13. The van der Waals surface area contributed by atoms with Crippen molar-refractivity contribution in [2.24, 2.45) is 0 Å². The number of carbonyl (C=O) groups is 1. The van der Waals surface area contributed by atoms with Gasteiger partial charge in [-0.2, -0.15) is 0 Å². The molecule has 4 heteroatoms. The van der Waals surface area contributed by atoms with Crippen molar-refractivity contribution in [1.29, 1.82) is 0 Å². The molecule has 0 spiro atoms. The average molecular weight is 687 g/mol. The van der Waals surface area contributed by atoms with Gasteiger partial charge in [0.2, 0.25) is 0 Å². The van der Waals surface area contributed by atoms with Gasteiger partial charge >= 0.3 is 5.97 Å². The standard InChI is InChI=1S/C45H82O4/c1-3-5-7-9-11-13-15-17-19-21-22-23-25-27-29-31-33-35-37-39-41-48-43-44(42-46)49-45(47)40-38-36-34-32-30-28-26-24-20-18-16-14-12-10-8-6-4-2/h11,13,17-20,22-23,44,46H,3-10,12,14-16,21,24-43H2,1-2H3/b13-11-,19-17-,20-18-,23-22-. The van der Waals surface area contributed by atoms with E-state index in [4.69, 9.17) is 9.47 Å². The molecular weight excluding hydrogens is 604 g/mol. The Balaban J connectivity index is 3.46. The SMILES string of the molecule is CCCCC/C=C\C/C=C\C/C=C\CCCCCCCCCOCC(CO)OC(=O)CCCCCCCCC/C=C\CCCCCCCC. The summed E-state index contributed by atoms with van der Waals surface area (Å²) in [4.78, 5) is 12.2. The summed E-state index contributed by atoms with van der Waals surface area (Å²) in [5.74, 6) is -0.209. The quantitative estimate of drug-likeness (QED) is 0.0397. The van der Waals surface area contributed by atoms with Gasteiger partial charge in [0.15, 0.2) is 0 Å². The molecule has 286 valence electrons. The molecule has 0 saturated heterocycles. The highest BCUT2D eigenvalue weighted by molar-refractivity contribution is 5.69. The van der Waals surface area contributed by atoms with Crippen molar-refractivity contribution in [2.75, 3.05) is 19.8 Å². The Morgan fingerprint density at radius 2 is 0.857 bits per heavy atom. The number of carbonyl (C=O) groups excluding carboxylic acids is 1. The number of rotatable bonds is 39. The van der Waals surface area contributed by atoms with E-state index in [1.54, 1.807) is 0 Å². The minimum absolute atomic E-state index is 0.178. The fourth-order valence-electron chi connectivity index (χ4n) is 5.92. The molecule has 0 aromatic carbocycles. The predicted molar refractivity (Wildman–Crippen MR) is 214 cm³/mol. The van der Waals surface area contributed by atoms with Crippen LogP contribution in [-0.4, -0.2) is 37.0 Å². The minimum atomic E-state index is -0.542. The molecule has 1 atom stereocenters. The average Bonchev–Trinajstić information content (AvgIpc) is 3.11. The first kappa shape index (κ1) is 47.4. The highest BCUT2D eigenvalue weighted by Gasteiger charge is 2.13. The third-order valence-electron chi connectivity index (χ3n) is 9.13. The normalized spacial score (nSPS) is 12.8. The van der Waals surface area contributed by atoms with E-state index in [-0.39, 0.29) is 19.2 Å². The van der Waals surface area contributed by atoms with Gasteiger partial charge in [-0.1, -0.05) is 172 Å². The van der Waals surface area contributed by atoms with Crippen molar-refractivity contribution in [2.45, 2.75) is 213 Å². The number of hydrogen-bond acceptors (Lipinski definition) is 4. The number of allylic oxidation sites excluding steroid dienone is 8. The number of hydrogen-bond donors (Lipinski definition) is 1. The van der Waals surface area contributed by atoms with E-state index in [2.05, 4.69) is 62.5 Å². The zero-order valence-corrected chi connectivity index (χ0v) is 32.7. The molecule has 0 aromatic rings. The lowest BCUT2D eigenvalue weighted by atomic mass is 10.1. The van der Waals surface area contributed by atoms with E-state index in [0.717, 1.165) is 32.1 Å². The smallest absolute Gasteiger partial charge is 0.306 e. The molecule has 0 saturated carbocycles. The maximum absolute atomic E-state index is 12.2. The van der Waals surface area contributed by atoms with E-state index in [1.807, 2.05) is 0 Å². The van der Waals surface area contributed by atoms with E-state index < -0.39 is 6.10 Å². The second-order valence-corrected chi connectivity index (χ2v) is 14.1. The number of aliphatic hydroxyl groups excluding tert-OH is 1. The summed E-state index contributed by atoms with van der Waals surface area (Å²) in [5.41, 5.74) is 0. The van der Waals surface area contributed by atoms with Crippen molar-refractivity contribution in [3.8, 4) is 0 Å². The third kappa shape index (κ3) is 40.7. The lowest BCUT2D eigenvalue weighted by Crippen LogP contribution is -2.27. The van der Waals surface area contributed by atoms with Crippen LogP contribution in [0.25, 0.3) is 0 Å². The van der Waals surface area contributed by atoms with Crippen LogP contribution in [0, 0.1) is 0 Å². The Morgan fingerprint density at radius 3 is 1.35 bits per heavy atom. The first-order chi connectivity index (χ1) is 24.2. The Morgan fingerprint density at radius 1 is 0.490 bits per heavy atom. The van der Waals surface area contributed by atoms with Crippen LogP contribution in [0.3, 0.4) is 0 Å². The summed E-state index contributed by atoms with van der Waals surface area (Å²) in [6.45, 7) is 5.30. The Hall–Kier alpha value is -1.65. The van der Waals surface area contributed by atoms with E-state index in [9.17, 15) is 9.90 Å². The molecule has 1 N–H and O–H groups in total. The van der Waals surface area contributed by atoms with E-state index in [0.29, 0.717) is 13.0 Å². The van der Waals surface area contributed by atoms with Gasteiger partial charge in [0, 0.05) is 13.0 Å². The van der Waals surface area contributed by atoms with Gasteiger partial charge in [-0.15, -0.1) is 0 Å². The lowest BCUT2D eigenvalue weighted by Gasteiger charge is -2.15. The van der Waals surface area contributed by atoms with Crippen LogP contribution in [-0.2, 0) is 14.3 Å². The lowest BCUT2D eigenvalue weighted by molar-refractivity contribution is -0.154. The van der Waals surface area contributed by atoms with Crippen LogP contribution in [0.2, 0.25) is 0 Å². The van der Waals surface area contributed by atoms with Gasteiger partial charge in [0.1, 0.15) is 6.10 Å². The first-order valence-corrected chi connectivity index (χ1v) is 21.2. The van der Waals surface area contributed by atoms with Crippen molar-refractivity contribution >= 4 is 5.97 Å². The molecule has 0 aliphatic heterocycles. The second kappa shape index (κ2) is 42.5. The van der Waals surface area contributed by atoms with Crippen LogP contribution >= 0.6 is 0 Å². The van der Waals surface area contributed by atoms with Crippen molar-refractivity contribution < 1.29 is 19.4 Å². The second-order valence-electron chi connectivity index (χ2n) is 14.1. The molecule has 0 aromatic heterocycles. The molecule has 0 amide bonds. The monoisotopic (exact) mass is 687 g/mol. The van der Waals surface area contributed by atoms with Crippen molar-refractivity contribution in [1.82, 2.24) is 0 Å². The van der Waals surface area contributed by atoms with Gasteiger partial charge in [-0.25, -0.2) is 0 Å². The van der Waals surface area contributed by atoms with Gasteiger partial charge in [-0.3, -0.25) is 4.79 Å². The number of aliphatic hydroxyl groups is 1. The summed E-state index contributed by atoms with van der Waals surface area (Å²) < 4.78 is 11.2. The first-order valence-electron chi connectivity index (χ1n) is 21.2. The molecule has 4 nitrogen and oxygen atoms in total. The van der Waals surface area contributed by atoms with Crippen molar-refractivity contribution in [3.05, 3.63) is 48.6 Å². The molecule has 0 bridgehead atoms. The maximum atomic E-state index is 12.2. The summed E-state index contributed by atoms with van der Waals surface area (Å²) in [6, 6.07) is 0. The molecular formula is C45H82O4. The fourth-order valence-corrected chi connectivity index (χ4v) is 5.92. The minimum Gasteiger partial charge on any atom is -0.457 e. The largest absolute Gasteiger partial charge is 0.457 e. The van der Waals surface area contributed by atoms with Crippen LogP contribution < -0.4 is 0 Å². The summed E-state index contributed by atoms with van der Waals surface area (Å²) in [7, 11) is 0. The van der Waals surface area contributed by atoms with Gasteiger partial charge in [0.05, 0.1) is 13.2 Å². The fraction of sp³-hybridized carbons (Fsp3) is 0.800. The molecule has 0 heterocycles. The number of ether oxygens (including phenoxy) is 2. The summed E-state index contributed by atoms with van der Waals surface area (Å²) >= 11 is 0. The molecule has 0 aliphatic rings. The molecule has 1 unspecified atom stereocenters. The van der Waals surface area contributed by atoms with Gasteiger partial charge in [-0.05, 0) is 77.0 Å². The van der Waals surface area contributed by atoms with Gasteiger partial charge < -0.3 is 14.6 Å². The van der Waals surface area contributed by atoms with Crippen LogP contribution in [0.1, 0.15) is 206 Å². The molecule has 0 aliphatic carbocycles. The zero-order valence-electron chi connectivity index (χ0n) is 32.7. The molecule has 0 fully saturated rings. The summed E-state index contributed by atoms with van der Waals surface area (Å²) in [5, 5.41) is 9.60. The maximum Gasteiger partial charge on any atom is 0.306 e. The highest BCUT2D eigenvalue weighted by atomic mass is 16.6. The Kier molecular flexibility index (Phi) is 41.1. The van der Waals surface area contributed by atoms with Crippen LogP contribution in [0.5, 0.6) is 0 Å². The molecule has 0 radical (unpaired) electrons. The summed E-state index contributed by atoms with van der Waals surface area (Å²) in [6.07, 6.45) is 54.5. The van der Waals surface area contributed by atoms with E-state index in [1.165, 1.54) is 154 Å². The molecule has 49 heavy (non-hydrogen) atoms. The predicted octanol–water partition coefficient (Wildman–Crippen LogP) is 13.9. The third-order valence-corrected chi connectivity index (χ3v) is 9.13. The zero-order chi connectivity index (χ0) is 35.6. The number of unbranched alkanes of at least 4 members (excludes halogenated alkanes) is 23. The topological polar surface area (TPSA) is 55.8 Å². The Labute approximate surface area is 305 Å².